The van der Waals surface area contributed by atoms with Crippen molar-refractivity contribution in [3.05, 3.63) is 35.4 Å². The van der Waals surface area contributed by atoms with Crippen molar-refractivity contribution in [3.8, 4) is 0 Å². The summed E-state index contributed by atoms with van der Waals surface area (Å²) in [6, 6.07) is 8.59. The Balaban J connectivity index is 1.43. The number of rotatable bonds is 9. The first-order chi connectivity index (χ1) is 15.0. The van der Waals surface area contributed by atoms with E-state index in [1.165, 1.54) is 11.1 Å². The lowest BCUT2D eigenvalue weighted by Gasteiger charge is -2.34. The highest BCUT2D eigenvalue weighted by molar-refractivity contribution is 5.79. The van der Waals surface area contributed by atoms with Crippen molar-refractivity contribution in [2.75, 3.05) is 59.0 Å². The maximum atomic E-state index is 10.6. The summed E-state index contributed by atoms with van der Waals surface area (Å²) in [7, 11) is 0. The number of hydrogen-bond donors (Lipinski definition) is 3. The molecule has 2 aliphatic heterocycles. The Kier molecular flexibility index (Phi) is 9.58. The third-order valence-corrected chi connectivity index (χ3v) is 5.83. The lowest BCUT2D eigenvalue weighted by Crippen LogP contribution is -2.50. The Morgan fingerprint density at radius 3 is 2.74 bits per heavy atom. The number of aliphatic imine (C=N–C) groups is 1. The predicted octanol–water partition coefficient (Wildman–Crippen LogP) is 1.32. The quantitative estimate of drug-likeness (QED) is 0.405. The van der Waals surface area contributed by atoms with Crippen molar-refractivity contribution in [1.29, 1.82) is 0 Å². The molecule has 0 amide bonds. The zero-order valence-electron chi connectivity index (χ0n) is 19.5. The zero-order valence-corrected chi connectivity index (χ0v) is 19.5. The van der Waals surface area contributed by atoms with Crippen molar-refractivity contribution < 1.29 is 9.84 Å². The molecular weight excluding hydrogens is 390 g/mol. The third-order valence-electron chi connectivity index (χ3n) is 5.83. The summed E-state index contributed by atoms with van der Waals surface area (Å²) in [5.74, 6) is 1.41. The van der Waals surface area contributed by atoms with E-state index in [1.54, 1.807) is 0 Å². The molecule has 7 nitrogen and oxygen atoms in total. The van der Waals surface area contributed by atoms with Crippen LogP contribution in [0.3, 0.4) is 0 Å². The van der Waals surface area contributed by atoms with Crippen LogP contribution in [0.25, 0.3) is 0 Å². The number of nitrogens with zero attached hydrogens (tertiary/aromatic N) is 3. The summed E-state index contributed by atoms with van der Waals surface area (Å²) >= 11 is 0. The van der Waals surface area contributed by atoms with E-state index in [1.807, 2.05) is 0 Å². The Hall–Kier alpha value is -1.67. The summed E-state index contributed by atoms with van der Waals surface area (Å²) < 4.78 is 5.93. The van der Waals surface area contributed by atoms with Crippen LogP contribution in [0.1, 0.15) is 31.9 Å². The van der Waals surface area contributed by atoms with Crippen molar-refractivity contribution in [3.63, 3.8) is 0 Å². The minimum absolute atomic E-state index is 0.162. The molecule has 2 heterocycles. The van der Waals surface area contributed by atoms with Crippen molar-refractivity contribution in [2.24, 2.45) is 10.9 Å². The summed E-state index contributed by atoms with van der Waals surface area (Å²) in [5, 5.41) is 17.2. The van der Waals surface area contributed by atoms with Gasteiger partial charge in [0.25, 0.3) is 0 Å². The van der Waals surface area contributed by atoms with E-state index in [4.69, 9.17) is 4.74 Å². The molecule has 2 atom stereocenters. The lowest BCUT2D eigenvalue weighted by atomic mass is 10.00. The minimum Gasteiger partial charge on any atom is -0.390 e. The Labute approximate surface area is 187 Å². The van der Waals surface area contributed by atoms with Crippen LogP contribution >= 0.6 is 0 Å². The molecule has 2 unspecified atom stereocenters. The highest BCUT2D eigenvalue weighted by Gasteiger charge is 2.21. The second-order valence-corrected chi connectivity index (χ2v) is 9.15. The van der Waals surface area contributed by atoms with Crippen LogP contribution in [0, 0.1) is 5.92 Å². The third kappa shape index (κ3) is 8.07. The van der Waals surface area contributed by atoms with E-state index in [9.17, 15) is 5.11 Å². The number of β-amino-alcohol motifs (C(OH)–C–C–N with tert-alkyl or cyclic N) is 1. The van der Waals surface area contributed by atoms with Crippen LogP contribution in [-0.2, 0) is 17.7 Å². The van der Waals surface area contributed by atoms with Crippen LogP contribution < -0.4 is 10.6 Å². The average molecular weight is 432 g/mol. The fourth-order valence-electron chi connectivity index (χ4n) is 4.40. The second kappa shape index (κ2) is 12.4. The number of hydrogen-bond acceptors (Lipinski definition) is 5. The van der Waals surface area contributed by atoms with Crippen LogP contribution in [0.15, 0.2) is 29.3 Å². The van der Waals surface area contributed by atoms with Gasteiger partial charge < -0.3 is 20.5 Å². The number of ether oxygens (including phenoxy) is 1. The zero-order chi connectivity index (χ0) is 22.1. The molecule has 3 N–H and O–H groups in total. The molecule has 0 radical (unpaired) electrons. The molecule has 0 spiro atoms. The fourth-order valence-corrected chi connectivity index (χ4v) is 4.40. The van der Waals surface area contributed by atoms with E-state index >= 15 is 0 Å². The van der Waals surface area contributed by atoms with Crippen LogP contribution in [0.2, 0.25) is 0 Å². The summed E-state index contributed by atoms with van der Waals surface area (Å²) in [6.07, 6.45) is 0.730. The Morgan fingerprint density at radius 1 is 1.16 bits per heavy atom. The predicted molar refractivity (Wildman–Crippen MR) is 126 cm³/mol. The highest BCUT2D eigenvalue weighted by Crippen LogP contribution is 2.18. The van der Waals surface area contributed by atoms with E-state index in [-0.39, 0.29) is 6.10 Å². The van der Waals surface area contributed by atoms with Crippen LogP contribution in [0.4, 0.5) is 0 Å². The number of morpholine rings is 1. The SMILES string of the molecule is CCNC(=NCC(O)CN1CCc2ccccc2C1)NCC1CN(CC(C)C)CCO1. The normalized spacial score (nSPS) is 21.7. The maximum Gasteiger partial charge on any atom is 0.191 e. The smallest absolute Gasteiger partial charge is 0.191 e. The van der Waals surface area contributed by atoms with Crippen LogP contribution in [-0.4, -0.2) is 92.0 Å². The monoisotopic (exact) mass is 431 g/mol. The van der Waals surface area contributed by atoms with Crippen molar-refractivity contribution in [1.82, 2.24) is 20.4 Å². The van der Waals surface area contributed by atoms with Gasteiger partial charge in [0.2, 0.25) is 0 Å². The molecular formula is C24H41N5O2. The minimum atomic E-state index is -0.479. The molecule has 0 aromatic heterocycles. The van der Waals surface area contributed by atoms with Gasteiger partial charge in [-0.1, -0.05) is 38.1 Å². The Morgan fingerprint density at radius 2 is 1.97 bits per heavy atom. The van der Waals surface area contributed by atoms with E-state index < -0.39 is 6.10 Å². The number of nitrogens with one attached hydrogen (secondary N) is 2. The van der Waals surface area contributed by atoms with Gasteiger partial charge in [-0.25, -0.2) is 0 Å². The molecule has 1 aromatic rings. The average Bonchev–Trinajstić information content (AvgIpc) is 2.75. The molecule has 174 valence electrons. The van der Waals surface area contributed by atoms with Gasteiger partial charge in [0.1, 0.15) is 0 Å². The molecule has 1 saturated heterocycles. The summed E-state index contributed by atoms with van der Waals surface area (Å²) in [4.78, 5) is 9.42. The largest absolute Gasteiger partial charge is 0.390 e. The van der Waals surface area contributed by atoms with Gasteiger partial charge in [-0.3, -0.25) is 14.8 Å². The van der Waals surface area contributed by atoms with Crippen molar-refractivity contribution >= 4 is 5.96 Å². The van der Waals surface area contributed by atoms with Gasteiger partial charge in [-0.2, -0.15) is 0 Å². The van der Waals surface area contributed by atoms with E-state index in [0.717, 1.165) is 64.8 Å². The molecule has 0 saturated carbocycles. The van der Waals surface area contributed by atoms with Gasteiger partial charge in [0, 0.05) is 52.4 Å². The van der Waals surface area contributed by atoms with Gasteiger partial charge in [-0.15, -0.1) is 0 Å². The molecule has 2 aliphatic rings. The number of benzene rings is 1. The number of aliphatic hydroxyl groups is 1. The Bertz CT molecular complexity index is 696. The molecule has 3 rings (SSSR count). The maximum absolute atomic E-state index is 10.6. The first-order valence-corrected chi connectivity index (χ1v) is 11.9. The highest BCUT2D eigenvalue weighted by atomic mass is 16.5. The van der Waals surface area contributed by atoms with Crippen molar-refractivity contribution in [2.45, 2.75) is 45.9 Å². The van der Waals surface area contributed by atoms with Gasteiger partial charge >= 0.3 is 0 Å². The first kappa shape index (κ1) is 24.0. The number of fused-ring (bicyclic) bond motifs is 1. The van der Waals surface area contributed by atoms with Gasteiger partial charge in [0.15, 0.2) is 5.96 Å². The summed E-state index contributed by atoms with van der Waals surface area (Å²) in [6.45, 7) is 14.9. The number of guanidine groups is 1. The number of aliphatic hydroxyl groups excluding tert-OH is 1. The molecule has 7 heteroatoms. The first-order valence-electron chi connectivity index (χ1n) is 11.9. The molecule has 31 heavy (non-hydrogen) atoms. The molecule has 1 aromatic carbocycles. The van der Waals surface area contributed by atoms with Crippen LogP contribution in [0.5, 0.6) is 0 Å². The van der Waals surface area contributed by atoms with Gasteiger partial charge in [0.05, 0.1) is 25.4 Å². The summed E-state index contributed by atoms with van der Waals surface area (Å²) in [5.41, 5.74) is 2.81. The molecule has 0 aliphatic carbocycles. The van der Waals surface area contributed by atoms with E-state index in [0.29, 0.717) is 19.0 Å². The van der Waals surface area contributed by atoms with Gasteiger partial charge in [-0.05, 0) is 30.4 Å². The second-order valence-electron chi connectivity index (χ2n) is 9.15. The van der Waals surface area contributed by atoms with E-state index in [2.05, 4.69) is 70.5 Å². The fraction of sp³-hybridized carbons (Fsp3) is 0.708. The molecule has 0 bridgehead atoms. The topological polar surface area (TPSA) is 72.4 Å². The lowest BCUT2D eigenvalue weighted by molar-refractivity contribution is -0.0284. The standard InChI is InChI=1S/C24H41N5O2/c1-4-25-24(27-14-23-18-29(11-12-31-23)15-19(2)3)26-13-22(30)17-28-10-9-20-7-5-6-8-21(20)16-28/h5-8,19,22-23,30H,4,9-18H2,1-3H3,(H2,25,26,27). The molecule has 1 fully saturated rings.